The van der Waals surface area contributed by atoms with Crippen LogP contribution < -0.4 is 4.90 Å². The molecule has 3 rings (SSSR count). The summed E-state index contributed by atoms with van der Waals surface area (Å²) in [5.74, 6) is -0.854. The molecule has 1 saturated heterocycles. The molecule has 1 aliphatic carbocycles. The molecule has 0 unspecified atom stereocenters. The van der Waals surface area contributed by atoms with E-state index in [0.29, 0.717) is 5.56 Å². The fraction of sp³-hybridized carbons (Fsp3) is 0.533. The van der Waals surface area contributed by atoms with Crippen molar-refractivity contribution in [1.29, 1.82) is 0 Å². The Balaban J connectivity index is 1.70. The number of carboxylic acid groups (broad SMARTS) is 1. The Labute approximate surface area is 113 Å². The van der Waals surface area contributed by atoms with Crippen LogP contribution in [0.25, 0.3) is 0 Å². The number of hydrogen-bond donors (Lipinski definition) is 1. The summed E-state index contributed by atoms with van der Waals surface area (Å²) in [7, 11) is 0. The van der Waals surface area contributed by atoms with Crippen LogP contribution in [0, 0.1) is 6.92 Å². The number of benzene rings is 1. The maximum atomic E-state index is 10.9. The Morgan fingerprint density at radius 1 is 1.21 bits per heavy atom. The van der Waals surface area contributed by atoms with Crippen molar-refractivity contribution in [3.05, 3.63) is 29.3 Å². The van der Waals surface area contributed by atoms with Gasteiger partial charge in [-0.1, -0.05) is 0 Å². The molecule has 1 heterocycles. The molecule has 0 spiro atoms. The van der Waals surface area contributed by atoms with Crippen molar-refractivity contribution in [2.75, 3.05) is 31.1 Å². The smallest absolute Gasteiger partial charge is 0.335 e. The van der Waals surface area contributed by atoms with Gasteiger partial charge < -0.3 is 10.0 Å². The molecule has 102 valence electrons. The third kappa shape index (κ3) is 2.59. The number of piperazine rings is 1. The lowest BCUT2D eigenvalue weighted by Gasteiger charge is -2.37. The first-order chi connectivity index (χ1) is 9.15. The Morgan fingerprint density at radius 2 is 1.89 bits per heavy atom. The molecule has 0 atom stereocenters. The monoisotopic (exact) mass is 260 g/mol. The summed E-state index contributed by atoms with van der Waals surface area (Å²) >= 11 is 0. The van der Waals surface area contributed by atoms with Crippen molar-refractivity contribution in [2.45, 2.75) is 25.8 Å². The van der Waals surface area contributed by atoms with E-state index in [1.165, 1.54) is 18.5 Å². The molecule has 4 heteroatoms. The van der Waals surface area contributed by atoms with Gasteiger partial charge >= 0.3 is 5.97 Å². The standard InChI is InChI=1S/C15H20N2O2/c1-11-10-12(15(18)19)2-5-14(11)17-8-6-16(7-9-17)13-3-4-13/h2,5,10,13H,3-4,6-9H2,1H3,(H,18,19). The average molecular weight is 260 g/mol. The molecule has 0 radical (unpaired) electrons. The van der Waals surface area contributed by atoms with Crippen molar-refractivity contribution in [3.8, 4) is 0 Å². The van der Waals surface area contributed by atoms with Crippen LogP contribution in [-0.2, 0) is 0 Å². The highest BCUT2D eigenvalue weighted by Gasteiger charge is 2.31. The summed E-state index contributed by atoms with van der Waals surface area (Å²) < 4.78 is 0. The molecule has 19 heavy (non-hydrogen) atoms. The van der Waals surface area contributed by atoms with Gasteiger partial charge in [0.15, 0.2) is 0 Å². The van der Waals surface area contributed by atoms with Gasteiger partial charge in [-0.15, -0.1) is 0 Å². The molecule has 0 bridgehead atoms. The minimum Gasteiger partial charge on any atom is -0.478 e. The number of aromatic carboxylic acids is 1. The fourth-order valence-electron chi connectivity index (χ4n) is 2.91. The number of aryl methyl sites for hydroxylation is 1. The molecule has 0 aromatic heterocycles. The van der Waals surface area contributed by atoms with E-state index in [9.17, 15) is 4.79 Å². The third-order valence-electron chi connectivity index (χ3n) is 4.16. The van der Waals surface area contributed by atoms with Gasteiger partial charge in [0.05, 0.1) is 5.56 Å². The predicted molar refractivity (Wildman–Crippen MR) is 74.9 cm³/mol. The Kier molecular flexibility index (Phi) is 3.19. The zero-order valence-corrected chi connectivity index (χ0v) is 11.3. The zero-order valence-electron chi connectivity index (χ0n) is 11.3. The van der Waals surface area contributed by atoms with Crippen LogP contribution in [0.2, 0.25) is 0 Å². The topological polar surface area (TPSA) is 43.8 Å². The van der Waals surface area contributed by atoms with E-state index in [-0.39, 0.29) is 0 Å². The van der Waals surface area contributed by atoms with E-state index in [1.54, 1.807) is 12.1 Å². The van der Waals surface area contributed by atoms with E-state index >= 15 is 0 Å². The first kappa shape index (κ1) is 12.5. The Bertz CT molecular complexity index is 489. The Hall–Kier alpha value is -1.55. The van der Waals surface area contributed by atoms with Crippen LogP contribution in [0.1, 0.15) is 28.8 Å². The summed E-state index contributed by atoms with van der Waals surface area (Å²) in [4.78, 5) is 15.9. The highest BCUT2D eigenvalue weighted by atomic mass is 16.4. The van der Waals surface area contributed by atoms with Crippen LogP contribution in [-0.4, -0.2) is 48.2 Å². The van der Waals surface area contributed by atoms with Crippen molar-refractivity contribution >= 4 is 11.7 Å². The van der Waals surface area contributed by atoms with Crippen LogP contribution in [0.3, 0.4) is 0 Å². The van der Waals surface area contributed by atoms with E-state index < -0.39 is 5.97 Å². The largest absolute Gasteiger partial charge is 0.478 e. The van der Waals surface area contributed by atoms with Crippen molar-refractivity contribution in [1.82, 2.24) is 4.90 Å². The number of nitrogens with zero attached hydrogens (tertiary/aromatic N) is 2. The van der Waals surface area contributed by atoms with Gasteiger partial charge in [-0.05, 0) is 43.5 Å². The maximum absolute atomic E-state index is 10.9. The lowest BCUT2D eigenvalue weighted by Crippen LogP contribution is -2.47. The van der Waals surface area contributed by atoms with Gasteiger partial charge in [0.2, 0.25) is 0 Å². The van der Waals surface area contributed by atoms with Gasteiger partial charge in [-0.25, -0.2) is 4.79 Å². The highest BCUT2D eigenvalue weighted by Crippen LogP contribution is 2.29. The van der Waals surface area contributed by atoms with Crippen LogP contribution in [0.5, 0.6) is 0 Å². The lowest BCUT2D eigenvalue weighted by atomic mass is 10.1. The molecule has 1 N–H and O–H groups in total. The van der Waals surface area contributed by atoms with Crippen molar-refractivity contribution in [2.24, 2.45) is 0 Å². The molecule has 1 aromatic rings. The number of carbonyl (C=O) groups is 1. The quantitative estimate of drug-likeness (QED) is 0.902. The van der Waals surface area contributed by atoms with Crippen LogP contribution in [0.4, 0.5) is 5.69 Å². The van der Waals surface area contributed by atoms with Crippen LogP contribution in [0.15, 0.2) is 18.2 Å². The molecule has 0 amide bonds. The minimum atomic E-state index is -0.854. The van der Waals surface area contributed by atoms with Crippen LogP contribution >= 0.6 is 0 Å². The molecular weight excluding hydrogens is 240 g/mol. The Morgan fingerprint density at radius 3 is 2.42 bits per heavy atom. The molecule has 1 aromatic carbocycles. The van der Waals surface area contributed by atoms with E-state index in [2.05, 4.69) is 9.80 Å². The second-order valence-corrected chi connectivity index (χ2v) is 5.56. The summed E-state index contributed by atoms with van der Waals surface area (Å²) in [5.41, 5.74) is 2.61. The molecule has 1 aliphatic heterocycles. The van der Waals surface area contributed by atoms with Gasteiger partial charge in [0.25, 0.3) is 0 Å². The van der Waals surface area contributed by atoms with E-state index in [1.807, 2.05) is 13.0 Å². The minimum absolute atomic E-state index is 0.373. The number of carboxylic acids is 1. The van der Waals surface area contributed by atoms with Gasteiger partial charge in [0, 0.05) is 37.9 Å². The molecule has 4 nitrogen and oxygen atoms in total. The predicted octanol–water partition coefficient (Wildman–Crippen LogP) is 1.98. The summed E-state index contributed by atoms with van der Waals surface area (Å²) in [6, 6.07) is 6.27. The van der Waals surface area contributed by atoms with Gasteiger partial charge in [-0.2, -0.15) is 0 Å². The molecule has 2 fully saturated rings. The molecular formula is C15H20N2O2. The normalized spacial score (nSPS) is 20.6. The van der Waals surface area contributed by atoms with E-state index in [0.717, 1.165) is 37.8 Å². The average Bonchev–Trinajstić information content (AvgIpc) is 3.23. The van der Waals surface area contributed by atoms with E-state index in [4.69, 9.17) is 5.11 Å². The fourth-order valence-corrected chi connectivity index (χ4v) is 2.91. The number of rotatable bonds is 3. The maximum Gasteiger partial charge on any atom is 0.335 e. The molecule has 1 saturated carbocycles. The first-order valence-corrected chi connectivity index (χ1v) is 6.98. The summed E-state index contributed by atoms with van der Waals surface area (Å²) in [6.07, 6.45) is 2.73. The second-order valence-electron chi connectivity index (χ2n) is 5.56. The van der Waals surface area contributed by atoms with Crippen molar-refractivity contribution in [3.63, 3.8) is 0 Å². The third-order valence-corrected chi connectivity index (χ3v) is 4.16. The zero-order chi connectivity index (χ0) is 13.4. The molecule has 2 aliphatic rings. The number of hydrogen-bond acceptors (Lipinski definition) is 3. The summed E-state index contributed by atoms with van der Waals surface area (Å²) in [6.45, 7) is 6.35. The van der Waals surface area contributed by atoms with Gasteiger partial charge in [0.1, 0.15) is 0 Å². The second kappa shape index (κ2) is 4.85. The highest BCUT2D eigenvalue weighted by molar-refractivity contribution is 5.88. The van der Waals surface area contributed by atoms with Crippen molar-refractivity contribution < 1.29 is 9.90 Å². The SMILES string of the molecule is Cc1cc(C(=O)O)ccc1N1CCN(C2CC2)CC1. The lowest BCUT2D eigenvalue weighted by molar-refractivity contribution is 0.0697. The number of anilines is 1. The van der Waals surface area contributed by atoms with Gasteiger partial charge in [-0.3, -0.25) is 4.90 Å². The summed E-state index contributed by atoms with van der Waals surface area (Å²) in [5, 5.41) is 8.99. The first-order valence-electron chi connectivity index (χ1n) is 6.98.